The van der Waals surface area contributed by atoms with Crippen LogP contribution in [0.3, 0.4) is 0 Å². The quantitative estimate of drug-likeness (QED) is 0.632. The molecule has 0 spiro atoms. The number of ether oxygens (including phenoxy) is 1. The van der Waals surface area contributed by atoms with Gasteiger partial charge in [0.05, 0.1) is 0 Å². The molecule has 0 N–H and O–H groups in total. The van der Waals surface area contributed by atoms with Gasteiger partial charge in [0, 0.05) is 6.42 Å². The fourth-order valence-electron chi connectivity index (χ4n) is 1.85. The van der Waals surface area contributed by atoms with Crippen LogP contribution in [0.5, 0.6) is 0 Å². The maximum atomic E-state index is 11.2. The largest absolute Gasteiger partial charge is 0.461 e. The summed E-state index contributed by atoms with van der Waals surface area (Å²) in [4.78, 5) is 11.2. The molecule has 0 aromatic heterocycles. The van der Waals surface area contributed by atoms with Gasteiger partial charge in [-0.15, -0.1) is 0 Å². The molecule has 2 nitrogen and oxygen atoms in total. The van der Waals surface area contributed by atoms with Crippen LogP contribution in [0.1, 0.15) is 58.6 Å². The summed E-state index contributed by atoms with van der Waals surface area (Å²) < 4.78 is 5.14. The molecule has 1 atom stereocenters. The molecular weight excluding hydrogens is 236 g/mol. The lowest BCUT2D eigenvalue weighted by molar-refractivity contribution is -0.146. The standard InChI is InChI=1S/C12H14O2.C3H8.C2H6/c1-9-6-10-4-2-3-5-11(10)8-14-12(13)7-9;1-3-2;1-2/h2-5,9H,6-8H2,1H3;3H2,1-2H3;1-2H3. The van der Waals surface area contributed by atoms with Gasteiger partial charge in [0.15, 0.2) is 0 Å². The van der Waals surface area contributed by atoms with Crippen molar-refractivity contribution in [3.05, 3.63) is 35.4 Å². The van der Waals surface area contributed by atoms with Crippen LogP contribution in [0.2, 0.25) is 0 Å². The lowest BCUT2D eigenvalue weighted by Crippen LogP contribution is -2.16. The maximum absolute atomic E-state index is 11.2. The normalized spacial score (nSPS) is 17.3. The fourth-order valence-corrected chi connectivity index (χ4v) is 1.85. The molecule has 19 heavy (non-hydrogen) atoms. The average Bonchev–Trinajstić information content (AvgIpc) is 2.39. The Balaban J connectivity index is 0.000000573. The Morgan fingerprint density at radius 2 is 1.63 bits per heavy atom. The topological polar surface area (TPSA) is 26.3 Å². The zero-order valence-electron chi connectivity index (χ0n) is 13.0. The molecule has 0 radical (unpaired) electrons. The molecule has 108 valence electrons. The van der Waals surface area contributed by atoms with Gasteiger partial charge in [0.1, 0.15) is 6.61 Å². The molecule has 1 heterocycles. The highest BCUT2D eigenvalue weighted by atomic mass is 16.5. The van der Waals surface area contributed by atoms with E-state index in [0.717, 1.165) is 12.0 Å². The van der Waals surface area contributed by atoms with E-state index in [4.69, 9.17) is 4.74 Å². The van der Waals surface area contributed by atoms with Gasteiger partial charge in [-0.2, -0.15) is 0 Å². The summed E-state index contributed by atoms with van der Waals surface area (Å²) in [6, 6.07) is 8.17. The number of esters is 1. The van der Waals surface area contributed by atoms with Crippen molar-refractivity contribution in [3.63, 3.8) is 0 Å². The van der Waals surface area contributed by atoms with Gasteiger partial charge in [-0.1, -0.05) is 65.3 Å². The number of fused-ring (bicyclic) bond motifs is 1. The third kappa shape index (κ3) is 7.00. The second kappa shape index (κ2) is 10.6. The minimum Gasteiger partial charge on any atom is -0.461 e. The third-order valence-electron chi connectivity index (χ3n) is 2.59. The molecular formula is C17H28O2. The molecule has 1 aromatic carbocycles. The van der Waals surface area contributed by atoms with Crippen LogP contribution in [0.25, 0.3) is 0 Å². The lowest BCUT2D eigenvalue weighted by atomic mass is 9.94. The Morgan fingerprint density at radius 1 is 1.11 bits per heavy atom. The number of hydrogen-bond acceptors (Lipinski definition) is 2. The van der Waals surface area contributed by atoms with Crippen LogP contribution in [-0.4, -0.2) is 5.97 Å². The minimum absolute atomic E-state index is 0.0768. The van der Waals surface area contributed by atoms with Gasteiger partial charge in [0.25, 0.3) is 0 Å². The molecule has 0 saturated heterocycles. The Bertz CT molecular complexity index is 358. The average molecular weight is 264 g/mol. The molecule has 0 amide bonds. The van der Waals surface area contributed by atoms with Crippen LogP contribution in [0.4, 0.5) is 0 Å². The lowest BCUT2D eigenvalue weighted by Gasteiger charge is -2.18. The number of rotatable bonds is 0. The van der Waals surface area contributed by atoms with Crippen molar-refractivity contribution < 1.29 is 9.53 Å². The van der Waals surface area contributed by atoms with Crippen molar-refractivity contribution in [1.29, 1.82) is 0 Å². The smallest absolute Gasteiger partial charge is 0.306 e. The molecule has 2 heteroatoms. The zero-order valence-corrected chi connectivity index (χ0v) is 13.0. The molecule has 0 aliphatic carbocycles. The van der Waals surface area contributed by atoms with Crippen LogP contribution >= 0.6 is 0 Å². The first kappa shape index (κ1) is 17.7. The van der Waals surface area contributed by atoms with Crippen molar-refractivity contribution in [2.24, 2.45) is 5.92 Å². The Morgan fingerprint density at radius 3 is 2.21 bits per heavy atom. The van der Waals surface area contributed by atoms with Gasteiger partial charge in [0.2, 0.25) is 0 Å². The molecule has 0 bridgehead atoms. The van der Waals surface area contributed by atoms with E-state index in [1.165, 1.54) is 12.0 Å². The Labute approximate surface area is 118 Å². The maximum Gasteiger partial charge on any atom is 0.306 e. The summed E-state index contributed by atoms with van der Waals surface area (Å²) in [5.74, 6) is 0.302. The van der Waals surface area contributed by atoms with E-state index in [0.29, 0.717) is 18.9 Å². The van der Waals surface area contributed by atoms with Crippen LogP contribution in [0, 0.1) is 5.92 Å². The van der Waals surface area contributed by atoms with Gasteiger partial charge in [-0.05, 0) is 23.5 Å². The van der Waals surface area contributed by atoms with E-state index in [2.05, 4.69) is 26.8 Å². The first-order valence-corrected chi connectivity index (χ1v) is 7.39. The molecule has 0 saturated carbocycles. The monoisotopic (exact) mass is 264 g/mol. The second-order valence-electron chi connectivity index (χ2n) is 4.65. The number of cyclic esters (lactones) is 1. The van der Waals surface area contributed by atoms with Gasteiger partial charge >= 0.3 is 5.97 Å². The van der Waals surface area contributed by atoms with Gasteiger partial charge < -0.3 is 4.74 Å². The van der Waals surface area contributed by atoms with Crippen molar-refractivity contribution in [2.45, 2.75) is 60.5 Å². The van der Waals surface area contributed by atoms with Crippen molar-refractivity contribution in [1.82, 2.24) is 0 Å². The van der Waals surface area contributed by atoms with E-state index in [9.17, 15) is 4.79 Å². The van der Waals surface area contributed by atoms with E-state index in [1.807, 2.05) is 32.0 Å². The van der Waals surface area contributed by atoms with E-state index in [-0.39, 0.29) is 5.97 Å². The highest BCUT2D eigenvalue weighted by molar-refractivity contribution is 5.70. The van der Waals surface area contributed by atoms with Crippen molar-refractivity contribution >= 4 is 5.97 Å². The van der Waals surface area contributed by atoms with Gasteiger partial charge in [-0.25, -0.2) is 0 Å². The predicted molar refractivity (Wildman–Crippen MR) is 81.0 cm³/mol. The fraction of sp³-hybridized carbons (Fsp3) is 0.588. The summed E-state index contributed by atoms with van der Waals surface area (Å²) in [6.45, 7) is 10.8. The highest BCUT2D eigenvalue weighted by Gasteiger charge is 2.16. The van der Waals surface area contributed by atoms with Crippen molar-refractivity contribution in [2.75, 3.05) is 0 Å². The molecule has 0 fully saturated rings. The SMILES string of the molecule is CC.CC1CC(=O)OCc2ccccc2C1.CCC. The number of benzene rings is 1. The summed E-state index contributed by atoms with van der Waals surface area (Å²) in [6.07, 6.45) is 2.76. The zero-order chi connectivity index (χ0) is 14.7. The first-order valence-electron chi connectivity index (χ1n) is 7.39. The van der Waals surface area contributed by atoms with E-state index >= 15 is 0 Å². The first-order chi connectivity index (χ1) is 9.17. The van der Waals surface area contributed by atoms with Crippen LogP contribution in [-0.2, 0) is 22.6 Å². The second-order valence-corrected chi connectivity index (χ2v) is 4.65. The van der Waals surface area contributed by atoms with E-state index < -0.39 is 0 Å². The Kier molecular flexibility index (Phi) is 9.87. The van der Waals surface area contributed by atoms with Crippen molar-refractivity contribution in [3.8, 4) is 0 Å². The van der Waals surface area contributed by atoms with E-state index in [1.54, 1.807) is 0 Å². The number of carbonyl (C=O) groups excluding carboxylic acids is 1. The number of hydrogen-bond donors (Lipinski definition) is 0. The molecule has 2 rings (SSSR count). The summed E-state index contributed by atoms with van der Waals surface area (Å²) >= 11 is 0. The van der Waals surface area contributed by atoms with Crippen LogP contribution in [0.15, 0.2) is 24.3 Å². The number of carbonyl (C=O) groups is 1. The minimum atomic E-state index is -0.0768. The molecule has 1 unspecified atom stereocenters. The van der Waals surface area contributed by atoms with Crippen LogP contribution < -0.4 is 0 Å². The summed E-state index contributed by atoms with van der Waals surface area (Å²) in [7, 11) is 0. The summed E-state index contributed by atoms with van der Waals surface area (Å²) in [5.41, 5.74) is 2.46. The Hall–Kier alpha value is -1.31. The summed E-state index contributed by atoms with van der Waals surface area (Å²) in [5, 5.41) is 0. The molecule has 1 aliphatic rings. The predicted octanol–water partition coefficient (Wildman–Crippen LogP) is 4.75. The van der Waals surface area contributed by atoms with Gasteiger partial charge in [-0.3, -0.25) is 4.79 Å². The highest BCUT2D eigenvalue weighted by Crippen LogP contribution is 2.20. The molecule has 1 aromatic rings. The third-order valence-corrected chi connectivity index (χ3v) is 2.59. The molecule has 1 aliphatic heterocycles.